The summed E-state index contributed by atoms with van der Waals surface area (Å²) in [6.45, 7) is 1.37. The number of pyridine rings is 1. The molecule has 2 aromatic rings. The summed E-state index contributed by atoms with van der Waals surface area (Å²) in [6, 6.07) is 8.74. The zero-order chi connectivity index (χ0) is 15.6. The van der Waals surface area contributed by atoms with E-state index in [0.29, 0.717) is 5.52 Å². The van der Waals surface area contributed by atoms with Crippen LogP contribution in [0.2, 0.25) is 0 Å². The van der Waals surface area contributed by atoms with Gasteiger partial charge in [-0.1, -0.05) is 25.1 Å². The summed E-state index contributed by atoms with van der Waals surface area (Å²) in [5.74, 6) is -1.81. The number of aromatic nitrogens is 1. The molecule has 2 rings (SSSR count). The molecule has 1 aromatic heterocycles. The molecule has 0 aliphatic heterocycles. The van der Waals surface area contributed by atoms with Crippen LogP contribution >= 0.6 is 0 Å². The van der Waals surface area contributed by atoms with Crippen molar-refractivity contribution in [3.63, 3.8) is 0 Å². The summed E-state index contributed by atoms with van der Waals surface area (Å²) >= 11 is 0. The van der Waals surface area contributed by atoms with Gasteiger partial charge >= 0.3 is 5.97 Å². The number of hydrogen-bond acceptors (Lipinski definition) is 4. The molecule has 0 aliphatic rings. The Hall–Kier alpha value is -1.99. The molecule has 1 heterocycles. The maximum atomic E-state index is 12.4. The molecule has 0 radical (unpaired) electrons. The second kappa shape index (κ2) is 5.79. The van der Waals surface area contributed by atoms with Crippen molar-refractivity contribution >= 4 is 26.9 Å². The van der Waals surface area contributed by atoms with Crippen molar-refractivity contribution in [3.05, 3.63) is 36.5 Å². The molecular formula is C14H16N2O4S. The highest BCUT2D eigenvalue weighted by atomic mass is 32.2. The number of sulfonamides is 1. The summed E-state index contributed by atoms with van der Waals surface area (Å²) in [6.07, 6.45) is 1.29. The Morgan fingerprint density at radius 1 is 1.38 bits per heavy atom. The molecule has 0 spiro atoms. The van der Waals surface area contributed by atoms with Crippen LogP contribution in [-0.2, 0) is 14.8 Å². The van der Waals surface area contributed by atoms with Crippen LogP contribution in [0.1, 0.15) is 6.92 Å². The highest BCUT2D eigenvalue weighted by Gasteiger charge is 2.25. The van der Waals surface area contributed by atoms with Gasteiger partial charge in [0.1, 0.15) is 4.90 Å². The minimum absolute atomic E-state index is 0.0567. The lowest BCUT2D eigenvalue weighted by Gasteiger charge is -2.19. The first kappa shape index (κ1) is 15.4. The van der Waals surface area contributed by atoms with Gasteiger partial charge in [0.2, 0.25) is 10.0 Å². The molecule has 7 heteroatoms. The van der Waals surface area contributed by atoms with Crippen molar-refractivity contribution in [2.75, 3.05) is 13.6 Å². The summed E-state index contributed by atoms with van der Waals surface area (Å²) < 4.78 is 25.9. The smallest absolute Gasteiger partial charge is 0.307 e. The molecule has 1 unspecified atom stereocenters. The number of carbonyl (C=O) groups is 1. The number of carboxylic acids is 1. The zero-order valence-corrected chi connectivity index (χ0v) is 12.5. The molecule has 1 aromatic carbocycles. The third-order valence-corrected chi connectivity index (χ3v) is 5.01. The summed E-state index contributed by atoms with van der Waals surface area (Å²) in [7, 11) is -2.39. The van der Waals surface area contributed by atoms with Crippen LogP contribution in [0.25, 0.3) is 10.9 Å². The summed E-state index contributed by atoms with van der Waals surface area (Å²) in [5, 5.41) is 9.60. The Kier molecular flexibility index (Phi) is 4.24. The molecule has 112 valence electrons. The molecule has 0 amide bonds. The first-order chi connectivity index (χ1) is 9.82. The Labute approximate surface area is 123 Å². The maximum absolute atomic E-state index is 12.4. The van der Waals surface area contributed by atoms with Crippen LogP contribution < -0.4 is 0 Å². The van der Waals surface area contributed by atoms with Gasteiger partial charge in [-0.3, -0.25) is 9.78 Å². The highest BCUT2D eigenvalue weighted by molar-refractivity contribution is 7.89. The standard InChI is InChI=1S/C14H16N2O4S/c1-10(14(17)18)9-16(2)21(19,20)12-7-11-5-3-4-6-13(11)15-8-12/h3-8,10H,9H2,1-2H3,(H,17,18). The van der Waals surface area contributed by atoms with Crippen LogP contribution in [0, 0.1) is 5.92 Å². The van der Waals surface area contributed by atoms with E-state index in [-0.39, 0.29) is 11.4 Å². The van der Waals surface area contributed by atoms with Crippen LogP contribution in [0.15, 0.2) is 41.4 Å². The van der Waals surface area contributed by atoms with Crippen LogP contribution in [-0.4, -0.2) is 42.4 Å². The van der Waals surface area contributed by atoms with Crippen molar-refractivity contribution in [3.8, 4) is 0 Å². The number of para-hydroxylation sites is 1. The Morgan fingerprint density at radius 3 is 2.71 bits per heavy atom. The number of aliphatic carboxylic acids is 1. The van der Waals surface area contributed by atoms with Crippen LogP contribution in [0.3, 0.4) is 0 Å². The number of hydrogen-bond donors (Lipinski definition) is 1. The van der Waals surface area contributed by atoms with Crippen molar-refractivity contribution in [1.82, 2.24) is 9.29 Å². The van der Waals surface area contributed by atoms with E-state index in [9.17, 15) is 13.2 Å². The monoisotopic (exact) mass is 308 g/mol. The average molecular weight is 308 g/mol. The van der Waals surface area contributed by atoms with E-state index >= 15 is 0 Å². The van der Waals surface area contributed by atoms with Gasteiger partial charge in [-0.2, -0.15) is 0 Å². The Morgan fingerprint density at radius 2 is 2.05 bits per heavy atom. The molecule has 0 saturated carbocycles. The molecule has 0 fully saturated rings. The number of carboxylic acid groups (broad SMARTS) is 1. The van der Waals surface area contributed by atoms with E-state index in [2.05, 4.69) is 4.98 Å². The zero-order valence-electron chi connectivity index (χ0n) is 11.7. The molecule has 0 saturated heterocycles. The van der Waals surface area contributed by atoms with Crippen LogP contribution in [0.4, 0.5) is 0 Å². The fourth-order valence-electron chi connectivity index (χ4n) is 1.93. The van der Waals surface area contributed by atoms with Crippen molar-refractivity contribution in [2.24, 2.45) is 5.92 Å². The number of fused-ring (bicyclic) bond motifs is 1. The predicted octanol–water partition coefficient (Wildman–Crippen LogP) is 1.58. The first-order valence-corrected chi connectivity index (χ1v) is 7.80. The van der Waals surface area contributed by atoms with Gasteiger partial charge in [0, 0.05) is 25.2 Å². The minimum atomic E-state index is -3.75. The fraction of sp³-hybridized carbons (Fsp3) is 0.286. The molecule has 6 nitrogen and oxygen atoms in total. The lowest BCUT2D eigenvalue weighted by molar-refractivity contribution is -0.141. The number of nitrogens with zero attached hydrogens (tertiary/aromatic N) is 2. The van der Waals surface area contributed by atoms with E-state index in [0.717, 1.165) is 9.69 Å². The first-order valence-electron chi connectivity index (χ1n) is 6.36. The number of benzene rings is 1. The quantitative estimate of drug-likeness (QED) is 0.906. The lowest BCUT2D eigenvalue weighted by Crippen LogP contribution is -2.33. The van der Waals surface area contributed by atoms with Gasteiger partial charge in [-0.05, 0) is 12.1 Å². The molecular weight excluding hydrogens is 292 g/mol. The van der Waals surface area contributed by atoms with E-state index in [1.54, 1.807) is 24.3 Å². The highest BCUT2D eigenvalue weighted by Crippen LogP contribution is 2.19. The van der Waals surface area contributed by atoms with E-state index in [1.165, 1.54) is 20.2 Å². The van der Waals surface area contributed by atoms with Crippen molar-refractivity contribution in [1.29, 1.82) is 0 Å². The van der Waals surface area contributed by atoms with Crippen molar-refractivity contribution < 1.29 is 18.3 Å². The second-order valence-corrected chi connectivity index (χ2v) is 6.93. The van der Waals surface area contributed by atoms with E-state index in [1.807, 2.05) is 6.07 Å². The van der Waals surface area contributed by atoms with Gasteiger partial charge in [-0.25, -0.2) is 12.7 Å². The molecule has 0 aliphatic carbocycles. The summed E-state index contributed by atoms with van der Waals surface area (Å²) in [4.78, 5) is 15.0. The third kappa shape index (κ3) is 3.20. The SMILES string of the molecule is CC(CN(C)S(=O)(=O)c1cnc2ccccc2c1)C(=O)O. The van der Waals surface area contributed by atoms with Crippen molar-refractivity contribution in [2.45, 2.75) is 11.8 Å². The Bertz CT molecular complexity index is 773. The third-order valence-electron chi connectivity index (χ3n) is 3.23. The largest absolute Gasteiger partial charge is 0.481 e. The Balaban J connectivity index is 2.34. The maximum Gasteiger partial charge on any atom is 0.307 e. The second-order valence-electron chi connectivity index (χ2n) is 4.89. The topological polar surface area (TPSA) is 87.6 Å². The lowest BCUT2D eigenvalue weighted by atomic mass is 10.2. The van der Waals surface area contributed by atoms with Gasteiger partial charge < -0.3 is 5.11 Å². The minimum Gasteiger partial charge on any atom is -0.481 e. The molecule has 1 N–H and O–H groups in total. The molecule has 0 bridgehead atoms. The van der Waals surface area contributed by atoms with Crippen LogP contribution in [0.5, 0.6) is 0 Å². The number of rotatable bonds is 5. The molecule has 21 heavy (non-hydrogen) atoms. The summed E-state index contributed by atoms with van der Waals surface area (Å²) in [5.41, 5.74) is 0.706. The van der Waals surface area contributed by atoms with Gasteiger partial charge in [0.05, 0.1) is 11.4 Å². The normalized spacial score (nSPS) is 13.5. The average Bonchev–Trinajstić information content (AvgIpc) is 2.46. The van der Waals surface area contributed by atoms with E-state index < -0.39 is 21.9 Å². The van der Waals surface area contributed by atoms with E-state index in [4.69, 9.17) is 5.11 Å². The van der Waals surface area contributed by atoms with Gasteiger partial charge in [-0.15, -0.1) is 0 Å². The molecule has 1 atom stereocenters. The van der Waals surface area contributed by atoms with Gasteiger partial charge in [0.15, 0.2) is 0 Å². The van der Waals surface area contributed by atoms with Gasteiger partial charge in [0.25, 0.3) is 0 Å². The predicted molar refractivity (Wildman–Crippen MR) is 78.4 cm³/mol. The fourth-order valence-corrected chi connectivity index (χ4v) is 3.18.